The van der Waals surface area contributed by atoms with E-state index in [-0.39, 0.29) is 0 Å². The first-order valence-corrected chi connectivity index (χ1v) is 7.67. The molecule has 1 nitrogen and oxygen atoms in total. The van der Waals surface area contributed by atoms with Crippen LogP contribution in [-0.2, 0) is 0 Å². The van der Waals surface area contributed by atoms with Crippen LogP contribution in [0.3, 0.4) is 0 Å². The number of benzene rings is 2. The first-order valence-electron chi connectivity index (χ1n) is 7.67. The zero-order valence-electron chi connectivity index (χ0n) is 12.0. The number of fused-ring (bicyclic) bond motifs is 1. The second-order valence-electron chi connectivity index (χ2n) is 5.78. The molecule has 1 aliphatic heterocycles. The topological polar surface area (TPSA) is 3.24 Å². The fourth-order valence-corrected chi connectivity index (χ4v) is 3.57. The molecule has 0 spiro atoms. The summed E-state index contributed by atoms with van der Waals surface area (Å²) < 4.78 is 0. The van der Waals surface area contributed by atoms with E-state index >= 15 is 0 Å². The molecular weight excluding hydrogens is 254 g/mol. The van der Waals surface area contributed by atoms with E-state index < -0.39 is 0 Å². The summed E-state index contributed by atoms with van der Waals surface area (Å²) in [5.74, 6) is 0.559. The molecule has 0 radical (unpaired) electrons. The van der Waals surface area contributed by atoms with Gasteiger partial charge in [0.1, 0.15) is 0 Å². The molecule has 2 aliphatic rings. The maximum absolute atomic E-state index is 2.54. The van der Waals surface area contributed by atoms with Gasteiger partial charge < -0.3 is 4.90 Å². The van der Waals surface area contributed by atoms with E-state index in [1.165, 1.54) is 11.3 Å². The molecule has 2 aromatic rings. The van der Waals surface area contributed by atoms with Gasteiger partial charge in [-0.25, -0.2) is 0 Å². The Kier molecular flexibility index (Phi) is 3.11. The van der Waals surface area contributed by atoms with E-state index in [0.717, 1.165) is 13.0 Å². The van der Waals surface area contributed by atoms with Gasteiger partial charge in [0.2, 0.25) is 0 Å². The second-order valence-corrected chi connectivity index (χ2v) is 5.78. The number of allylic oxidation sites excluding steroid dienone is 2. The summed E-state index contributed by atoms with van der Waals surface area (Å²) in [5.41, 5.74) is 4.27. The molecule has 104 valence electrons. The Morgan fingerprint density at radius 1 is 0.857 bits per heavy atom. The van der Waals surface area contributed by atoms with Crippen LogP contribution < -0.4 is 4.90 Å². The van der Waals surface area contributed by atoms with Crippen LogP contribution in [0.4, 0.5) is 5.69 Å². The molecule has 1 saturated heterocycles. The summed E-state index contributed by atoms with van der Waals surface area (Å²) in [5, 5.41) is 0. The minimum Gasteiger partial charge on any atom is -0.360 e. The molecule has 1 heteroatoms. The lowest BCUT2D eigenvalue weighted by Gasteiger charge is -2.28. The van der Waals surface area contributed by atoms with Crippen molar-refractivity contribution < 1.29 is 0 Å². The van der Waals surface area contributed by atoms with E-state index in [4.69, 9.17) is 0 Å². The van der Waals surface area contributed by atoms with Gasteiger partial charge in [-0.15, -0.1) is 0 Å². The third-order valence-electron chi connectivity index (χ3n) is 4.51. The van der Waals surface area contributed by atoms with Gasteiger partial charge >= 0.3 is 0 Å². The van der Waals surface area contributed by atoms with Crippen molar-refractivity contribution in [3.63, 3.8) is 0 Å². The van der Waals surface area contributed by atoms with E-state index in [1.54, 1.807) is 5.57 Å². The van der Waals surface area contributed by atoms with E-state index in [9.17, 15) is 0 Å². The average Bonchev–Trinajstić information content (AvgIpc) is 2.96. The summed E-state index contributed by atoms with van der Waals surface area (Å²) in [6.07, 6.45) is 8.17. The Labute approximate surface area is 126 Å². The minimum absolute atomic E-state index is 0.378. The SMILES string of the molecule is C1=C[C@@H]2CN(c3ccccc3)[C@H](c3ccccc3)C2=CC1. The summed E-state index contributed by atoms with van der Waals surface area (Å²) in [6.45, 7) is 1.08. The second kappa shape index (κ2) is 5.25. The predicted octanol–water partition coefficient (Wildman–Crippen LogP) is 4.75. The lowest BCUT2D eigenvalue weighted by atomic mass is 9.89. The summed E-state index contributed by atoms with van der Waals surface area (Å²) in [7, 11) is 0. The monoisotopic (exact) mass is 273 g/mol. The average molecular weight is 273 g/mol. The van der Waals surface area contributed by atoms with Crippen molar-refractivity contribution in [2.75, 3.05) is 11.4 Å². The van der Waals surface area contributed by atoms with Gasteiger partial charge in [-0.3, -0.25) is 0 Å². The molecule has 1 heterocycles. The Morgan fingerprint density at radius 2 is 1.57 bits per heavy atom. The number of nitrogens with zero attached hydrogens (tertiary/aromatic N) is 1. The van der Waals surface area contributed by atoms with Gasteiger partial charge in [0, 0.05) is 18.2 Å². The fourth-order valence-electron chi connectivity index (χ4n) is 3.57. The van der Waals surface area contributed by atoms with Gasteiger partial charge in [0.15, 0.2) is 0 Å². The molecule has 4 rings (SSSR count). The summed E-state index contributed by atoms with van der Waals surface area (Å²) >= 11 is 0. The number of hydrogen-bond donors (Lipinski definition) is 0. The van der Waals surface area contributed by atoms with Crippen LogP contribution >= 0.6 is 0 Å². The van der Waals surface area contributed by atoms with Crippen LogP contribution in [0.15, 0.2) is 84.5 Å². The van der Waals surface area contributed by atoms with Crippen molar-refractivity contribution in [1.82, 2.24) is 0 Å². The number of anilines is 1. The smallest absolute Gasteiger partial charge is 0.0762 e. The van der Waals surface area contributed by atoms with Crippen LogP contribution in [-0.4, -0.2) is 6.54 Å². The van der Waals surface area contributed by atoms with Gasteiger partial charge in [0.05, 0.1) is 6.04 Å². The Morgan fingerprint density at radius 3 is 2.33 bits per heavy atom. The highest BCUT2D eigenvalue weighted by Crippen LogP contribution is 2.44. The molecule has 2 aromatic carbocycles. The summed E-state index contributed by atoms with van der Waals surface area (Å²) in [4.78, 5) is 2.54. The Balaban J connectivity index is 1.80. The number of para-hydroxylation sites is 1. The van der Waals surface area contributed by atoms with Gasteiger partial charge in [-0.05, 0) is 29.7 Å². The molecule has 0 N–H and O–H groups in total. The third kappa shape index (κ3) is 2.19. The molecule has 0 saturated carbocycles. The van der Waals surface area contributed by atoms with Crippen molar-refractivity contribution in [2.24, 2.45) is 5.92 Å². The standard InChI is InChI=1S/C20H19N/c1-3-9-16(10-4-1)20-19-14-8-7-11-17(19)15-21(20)18-12-5-2-6-13-18/h1-7,9-14,17,20H,8,15H2/t17-,20-/m1/s1. The minimum atomic E-state index is 0.378. The highest BCUT2D eigenvalue weighted by Gasteiger charge is 2.37. The Hall–Kier alpha value is -2.28. The molecule has 0 bridgehead atoms. The first-order chi connectivity index (χ1) is 10.4. The molecular formula is C20H19N. The number of hydrogen-bond acceptors (Lipinski definition) is 1. The van der Waals surface area contributed by atoms with Crippen molar-refractivity contribution in [2.45, 2.75) is 12.5 Å². The zero-order chi connectivity index (χ0) is 14.1. The van der Waals surface area contributed by atoms with Crippen molar-refractivity contribution in [1.29, 1.82) is 0 Å². The molecule has 0 unspecified atom stereocenters. The highest BCUT2D eigenvalue weighted by molar-refractivity contribution is 5.56. The van der Waals surface area contributed by atoms with Crippen LogP contribution in [0.1, 0.15) is 18.0 Å². The van der Waals surface area contributed by atoms with Gasteiger partial charge in [-0.1, -0.05) is 66.8 Å². The Bertz CT molecular complexity index is 669. The molecule has 1 aliphatic carbocycles. The largest absolute Gasteiger partial charge is 0.360 e. The van der Waals surface area contributed by atoms with E-state index in [2.05, 4.69) is 83.8 Å². The van der Waals surface area contributed by atoms with Gasteiger partial charge in [0.25, 0.3) is 0 Å². The first kappa shape index (κ1) is 12.5. The fraction of sp³-hybridized carbons (Fsp3) is 0.200. The van der Waals surface area contributed by atoms with Crippen molar-refractivity contribution in [3.05, 3.63) is 90.0 Å². The maximum Gasteiger partial charge on any atom is 0.0762 e. The van der Waals surface area contributed by atoms with Crippen LogP contribution in [0.5, 0.6) is 0 Å². The maximum atomic E-state index is 2.54. The molecule has 1 fully saturated rings. The van der Waals surface area contributed by atoms with E-state index in [1.807, 2.05) is 0 Å². The number of rotatable bonds is 2. The van der Waals surface area contributed by atoms with Crippen LogP contribution in [0.25, 0.3) is 0 Å². The van der Waals surface area contributed by atoms with Gasteiger partial charge in [-0.2, -0.15) is 0 Å². The van der Waals surface area contributed by atoms with Crippen LogP contribution in [0.2, 0.25) is 0 Å². The lowest BCUT2D eigenvalue weighted by molar-refractivity contribution is 0.800. The normalized spacial score (nSPS) is 23.8. The lowest BCUT2D eigenvalue weighted by Crippen LogP contribution is -2.23. The third-order valence-corrected chi connectivity index (χ3v) is 4.51. The van der Waals surface area contributed by atoms with E-state index in [0.29, 0.717) is 12.0 Å². The van der Waals surface area contributed by atoms with Crippen molar-refractivity contribution >= 4 is 5.69 Å². The zero-order valence-corrected chi connectivity index (χ0v) is 12.0. The molecule has 0 amide bonds. The van der Waals surface area contributed by atoms with Crippen LogP contribution in [0, 0.1) is 5.92 Å². The predicted molar refractivity (Wildman–Crippen MR) is 88.3 cm³/mol. The molecule has 0 aromatic heterocycles. The van der Waals surface area contributed by atoms with Crippen molar-refractivity contribution in [3.8, 4) is 0 Å². The quantitative estimate of drug-likeness (QED) is 0.714. The highest BCUT2D eigenvalue weighted by atomic mass is 15.2. The molecule has 21 heavy (non-hydrogen) atoms. The summed E-state index contributed by atoms with van der Waals surface area (Å²) in [6, 6.07) is 22.0. The molecule has 2 atom stereocenters.